The van der Waals surface area contributed by atoms with E-state index in [1.807, 2.05) is 38.1 Å². The lowest BCUT2D eigenvalue weighted by Gasteiger charge is -2.28. The molecule has 0 aliphatic heterocycles. The van der Waals surface area contributed by atoms with E-state index in [4.69, 9.17) is 11.6 Å². The highest BCUT2D eigenvalue weighted by Crippen LogP contribution is 2.21. The third-order valence-corrected chi connectivity index (χ3v) is 3.83. The van der Waals surface area contributed by atoms with Gasteiger partial charge in [0.1, 0.15) is 12.4 Å². The van der Waals surface area contributed by atoms with E-state index >= 15 is 0 Å². The Bertz CT molecular complexity index is 670. The maximum Gasteiger partial charge on any atom is 0.306 e. The monoisotopic (exact) mass is 338 g/mol. The molecule has 8 heteroatoms. The number of halogens is 1. The van der Waals surface area contributed by atoms with Crippen molar-refractivity contribution < 1.29 is 10.0 Å². The number of hydrogen-bond donors (Lipinski definition) is 2. The number of benzene rings is 1. The van der Waals surface area contributed by atoms with Crippen LogP contribution < -0.4 is 5.32 Å². The van der Waals surface area contributed by atoms with E-state index in [1.54, 1.807) is 0 Å². The zero-order chi connectivity index (χ0) is 17.0. The summed E-state index contributed by atoms with van der Waals surface area (Å²) in [5, 5.41) is 28.5. The van der Waals surface area contributed by atoms with Gasteiger partial charge in [-0.1, -0.05) is 23.7 Å². The van der Waals surface area contributed by atoms with Crippen LogP contribution in [0, 0.1) is 10.1 Å². The molecule has 2 aromatic rings. The molecule has 0 aliphatic rings. The molecule has 0 saturated heterocycles. The fourth-order valence-electron chi connectivity index (χ4n) is 2.17. The van der Waals surface area contributed by atoms with Gasteiger partial charge >= 0.3 is 5.69 Å². The zero-order valence-electron chi connectivity index (χ0n) is 12.9. The van der Waals surface area contributed by atoms with Gasteiger partial charge < -0.3 is 10.4 Å². The Labute approximate surface area is 139 Å². The van der Waals surface area contributed by atoms with Gasteiger partial charge in [-0.15, -0.1) is 0 Å². The van der Waals surface area contributed by atoms with E-state index in [-0.39, 0.29) is 17.8 Å². The Balaban J connectivity index is 1.90. The lowest BCUT2D eigenvalue weighted by atomic mass is 9.94. The summed E-state index contributed by atoms with van der Waals surface area (Å²) < 4.78 is 1.36. The number of aliphatic hydroxyl groups excluding tert-OH is 1. The van der Waals surface area contributed by atoms with Gasteiger partial charge in [-0.2, -0.15) is 5.10 Å². The summed E-state index contributed by atoms with van der Waals surface area (Å²) in [6.45, 7) is 4.50. The third-order valence-electron chi connectivity index (χ3n) is 3.57. The standard InChI is InChI=1S/C15H19ClN4O3/c1-15(2,11-3-5-12(16)6-4-11)17-8-14(21)10-19-9-13(7-18-19)20(22)23/h3-7,9,14,17,21H,8,10H2,1-2H3. The average molecular weight is 339 g/mol. The molecule has 2 rings (SSSR count). The van der Waals surface area contributed by atoms with Gasteiger partial charge in [0.25, 0.3) is 0 Å². The molecule has 7 nitrogen and oxygen atoms in total. The second kappa shape index (κ2) is 7.08. The molecule has 0 radical (unpaired) electrons. The first kappa shape index (κ1) is 17.4. The number of nitrogens with zero attached hydrogens (tertiary/aromatic N) is 3. The van der Waals surface area contributed by atoms with Crippen LogP contribution >= 0.6 is 11.6 Å². The second-order valence-corrected chi connectivity index (χ2v) is 6.28. The van der Waals surface area contributed by atoms with Crippen molar-refractivity contribution in [3.63, 3.8) is 0 Å². The third kappa shape index (κ3) is 4.75. The molecule has 0 saturated carbocycles. The Kier molecular flexibility index (Phi) is 5.35. The summed E-state index contributed by atoms with van der Waals surface area (Å²) in [7, 11) is 0. The first-order chi connectivity index (χ1) is 10.8. The topological polar surface area (TPSA) is 93.2 Å². The molecule has 1 heterocycles. The van der Waals surface area contributed by atoms with Crippen molar-refractivity contribution in [2.45, 2.75) is 32.0 Å². The molecule has 1 aromatic heterocycles. The molecule has 0 amide bonds. The van der Waals surface area contributed by atoms with Gasteiger partial charge in [0, 0.05) is 17.1 Å². The fourth-order valence-corrected chi connectivity index (χ4v) is 2.29. The van der Waals surface area contributed by atoms with Crippen molar-refractivity contribution >= 4 is 17.3 Å². The molecule has 0 fully saturated rings. The van der Waals surface area contributed by atoms with Crippen LogP contribution in [0.4, 0.5) is 5.69 Å². The summed E-state index contributed by atoms with van der Waals surface area (Å²) >= 11 is 5.89. The van der Waals surface area contributed by atoms with Crippen LogP contribution in [0.2, 0.25) is 5.02 Å². The molecule has 1 aromatic carbocycles. The maximum absolute atomic E-state index is 10.6. The van der Waals surface area contributed by atoms with Crippen LogP contribution in [0.15, 0.2) is 36.7 Å². The average Bonchev–Trinajstić information content (AvgIpc) is 2.94. The van der Waals surface area contributed by atoms with E-state index in [0.29, 0.717) is 11.6 Å². The molecular formula is C15H19ClN4O3. The van der Waals surface area contributed by atoms with Crippen LogP contribution in [0.3, 0.4) is 0 Å². The molecule has 1 atom stereocenters. The van der Waals surface area contributed by atoms with E-state index in [9.17, 15) is 15.2 Å². The quantitative estimate of drug-likeness (QED) is 0.597. The SMILES string of the molecule is CC(C)(NCC(O)Cn1cc([N+](=O)[O-])cn1)c1ccc(Cl)cc1. The highest BCUT2D eigenvalue weighted by Gasteiger charge is 2.21. The maximum atomic E-state index is 10.6. The molecule has 23 heavy (non-hydrogen) atoms. The number of hydrogen-bond acceptors (Lipinski definition) is 5. The molecule has 1 unspecified atom stereocenters. The summed E-state index contributed by atoms with van der Waals surface area (Å²) in [4.78, 5) is 10.1. The molecule has 0 bridgehead atoms. The summed E-state index contributed by atoms with van der Waals surface area (Å²) in [5.74, 6) is 0. The van der Waals surface area contributed by atoms with Crippen molar-refractivity contribution in [2.75, 3.05) is 6.54 Å². The van der Waals surface area contributed by atoms with Crippen molar-refractivity contribution in [2.24, 2.45) is 0 Å². The molecule has 124 valence electrons. The van der Waals surface area contributed by atoms with Gasteiger partial charge in [0.15, 0.2) is 0 Å². The van der Waals surface area contributed by atoms with Gasteiger partial charge in [0.2, 0.25) is 0 Å². The lowest BCUT2D eigenvalue weighted by molar-refractivity contribution is -0.385. The molecule has 0 aliphatic carbocycles. The fraction of sp³-hybridized carbons (Fsp3) is 0.400. The van der Waals surface area contributed by atoms with Gasteiger partial charge in [-0.3, -0.25) is 14.8 Å². The highest BCUT2D eigenvalue weighted by atomic mass is 35.5. The minimum Gasteiger partial charge on any atom is -0.390 e. The predicted molar refractivity (Wildman–Crippen MR) is 87.4 cm³/mol. The van der Waals surface area contributed by atoms with Crippen molar-refractivity contribution in [1.82, 2.24) is 15.1 Å². The lowest BCUT2D eigenvalue weighted by Crippen LogP contribution is -2.42. The Morgan fingerprint density at radius 1 is 1.43 bits per heavy atom. The summed E-state index contributed by atoms with van der Waals surface area (Å²) in [5.41, 5.74) is 0.609. The molecule has 0 spiro atoms. The molecule has 2 N–H and O–H groups in total. The van der Waals surface area contributed by atoms with Crippen LogP contribution in [0.1, 0.15) is 19.4 Å². The van der Waals surface area contributed by atoms with Crippen LogP contribution in [-0.2, 0) is 12.1 Å². The van der Waals surface area contributed by atoms with Gasteiger partial charge in [-0.05, 0) is 31.5 Å². The number of aromatic nitrogens is 2. The Morgan fingerprint density at radius 2 is 2.09 bits per heavy atom. The predicted octanol–water partition coefficient (Wildman–Crippen LogP) is 2.33. The number of rotatable bonds is 7. The van der Waals surface area contributed by atoms with E-state index in [0.717, 1.165) is 11.8 Å². The van der Waals surface area contributed by atoms with E-state index in [1.165, 1.54) is 10.9 Å². The van der Waals surface area contributed by atoms with Crippen LogP contribution in [0.25, 0.3) is 0 Å². The zero-order valence-corrected chi connectivity index (χ0v) is 13.7. The minimum atomic E-state index is -0.721. The van der Waals surface area contributed by atoms with Gasteiger partial charge in [-0.25, -0.2) is 0 Å². The largest absolute Gasteiger partial charge is 0.390 e. The number of aliphatic hydroxyl groups is 1. The normalized spacial score (nSPS) is 13.0. The number of nitro groups is 1. The Morgan fingerprint density at radius 3 is 2.65 bits per heavy atom. The minimum absolute atomic E-state index is 0.0911. The van der Waals surface area contributed by atoms with Crippen LogP contribution in [-0.4, -0.2) is 32.5 Å². The number of nitrogens with one attached hydrogen (secondary N) is 1. The van der Waals surface area contributed by atoms with Gasteiger partial charge in [0.05, 0.1) is 17.6 Å². The van der Waals surface area contributed by atoms with Crippen molar-refractivity contribution in [3.05, 3.63) is 57.4 Å². The summed E-state index contributed by atoms with van der Waals surface area (Å²) in [6.07, 6.45) is 1.74. The summed E-state index contributed by atoms with van der Waals surface area (Å²) in [6, 6.07) is 7.50. The Hall–Kier alpha value is -1.96. The molecular weight excluding hydrogens is 320 g/mol. The van der Waals surface area contributed by atoms with Crippen LogP contribution in [0.5, 0.6) is 0 Å². The van der Waals surface area contributed by atoms with E-state index in [2.05, 4.69) is 10.4 Å². The second-order valence-electron chi connectivity index (χ2n) is 5.84. The smallest absolute Gasteiger partial charge is 0.306 e. The van der Waals surface area contributed by atoms with Crippen molar-refractivity contribution in [3.8, 4) is 0 Å². The van der Waals surface area contributed by atoms with Crippen molar-refractivity contribution in [1.29, 1.82) is 0 Å². The first-order valence-electron chi connectivity index (χ1n) is 7.14. The highest BCUT2D eigenvalue weighted by molar-refractivity contribution is 6.30. The van der Waals surface area contributed by atoms with E-state index < -0.39 is 11.0 Å². The first-order valence-corrected chi connectivity index (χ1v) is 7.52.